The number of phenolic OH excluding ortho intramolecular Hbond substituents is 1. The predicted octanol–water partition coefficient (Wildman–Crippen LogP) is 1.99. The fraction of sp³-hybridized carbons (Fsp3) is 0.417. The summed E-state index contributed by atoms with van der Waals surface area (Å²) in [5.41, 5.74) is 0.882. The molecule has 0 heterocycles. The molecule has 0 radical (unpaired) electrons. The van der Waals surface area contributed by atoms with E-state index in [9.17, 15) is 9.90 Å². The smallest absolute Gasteiger partial charge is 0.237 e. The van der Waals surface area contributed by atoms with Crippen LogP contribution in [0.3, 0.4) is 0 Å². The highest BCUT2D eigenvalue weighted by atomic mass is 35.5. The van der Waals surface area contributed by atoms with Gasteiger partial charge in [0.2, 0.25) is 5.91 Å². The van der Waals surface area contributed by atoms with Crippen molar-refractivity contribution in [2.75, 3.05) is 19.5 Å². The van der Waals surface area contributed by atoms with Crippen molar-refractivity contribution in [3.05, 3.63) is 23.8 Å². The Morgan fingerprint density at radius 3 is 2.82 bits per heavy atom. The van der Waals surface area contributed by atoms with Crippen LogP contribution >= 0.6 is 11.6 Å². The first-order valence-corrected chi connectivity index (χ1v) is 5.86. The third kappa shape index (κ3) is 3.82. The normalized spacial score (nSPS) is 10.1. The van der Waals surface area contributed by atoms with E-state index in [0.29, 0.717) is 18.9 Å². The van der Waals surface area contributed by atoms with Crippen LogP contribution in [-0.2, 0) is 11.3 Å². The largest absolute Gasteiger partial charge is 0.504 e. The highest BCUT2D eigenvalue weighted by molar-refractivity contribution is 6.27. The summed E-state index contributed by atoms with van der Waals surface area (Å²) in [5, 5.41) is 9.53. The highest BCUT2D eigenvalue weighted by Crippen LogP contribution is 2.27. The minimum Gasteiger partial charge on any atom is -0.504 e. The van der Waals surface area contributed by atoms with Gasteiger partial charge in [-0.1, -0.05) is 6.07 Å². The van der Waals surface area contributed by atoms with Gasteiger partial charge >= 0.3 is 0 Å². The number of phenols is 1. The molecular formula is C12H16ClNO3. The number of amides is 1. The van der Waals surface area contributed by atoms with E-state index in [1.807, 2.05) is 6.92 Å². The summed E-state index contributed by atoms with van der Waals surface area (Å²) in [6.45, 7) is 2.76. The number of aromatic hydroxyl groups is 1. The van der Waals surface area contributed by atoms with E-state index in [4.69, 9.17) is 16.3 Å². The first-order valence-electron chi connectivity index (χ1n) is 5.33. The molecular weight excluding hydrogens is 242 g/mol. The van der Waals surface area contributed by atoms with E-state index in [-0.39, 0.29) is 17.5 Å². The summed E-state index contributed by atoms with van der Waals surface area (Å²) >= 11 is 5.46. The van der Waals surface area contributed by atoms with Crippen molar-refractivity contribution >= 4 is 17.5 Å². The SMILES string of the molecule is CCOc1cc(CN(C)C(=O)CCl)ccc1O. The fourth-order valence-corrected chi connectivity index (χ4v) is 1.60. The van der Waals surface area contributed by atoms with Gasteiger partial charge in [-0.25, -0.2) is 0 Å². The first-order chi connectivity index (χ1) is 8.08. The van der Waals surface area contributed by atoms with Gasteiger partial charge in [-0.2, -0.15) is 0 Å². The van der Waals surface area contributed by atoms with Gasteiger partial charge in [0.05, 0.1) is 6.61 Å². The molecule has 0 aliphatic carbocycles. The van der Waals surface area contributed by atoms with E-state index in [0.717, 1.165) is 5.56 Å². The lowest BCUT2D eigenvalue weighted by atomic mass is 10.2. The van der Waals surface area contributed by atoms with Crippen LogP contribution in [0.25, 0.3) is 0 Å². The van der Waals surface area contributed by atoms with Crippen molar-refractivity contribution in [1.82, 2.24) is 4.90 Å². The van der Waals surface area contributed by atoms with E-state index in [1.165, 1.54) is 4.90 Å². The first kappa shape index (κ1) is 13.6. The second kappa shape index (κ2) is 6.35. The van der Waals surface area contributed by atoms with Crippen molar-refractivity contribution in [3.8, 4) is 11.5 Å². The van der Waals surface area contributed by atoms with Crippen LogP contribution in [0.5, 0.6) is 11.5 Å². The topological polar surface area (TPSA) is 49.8 Å². The minimum atomic E-state index is -0.141. The predicted molar refractivity (Wildman–Crippen MR) is 66.5 cm³/mol. The Balaban J connectivity index is 2.78. The molecule has 5 heteroatoms. The number of nitrogens with zero attached hydrogens (tertiary/aromatic N) is 1. The lowest BCUT2D eigenvalue weighted by molar-refractivity contribution is -0.127. The molecule has 1 rings (SSSR count). The zero-order chi connectivity index (χ0) is 12.8. The second-order valence-electron chi connectivity index (χ2n) is 3.62. The van der Waals surface area contributed by atoms with Gasteiger partial charge in [0.25, 0.3) is 0 Å². The maximum absolute atomic E-state index is 11.3. The summed E-state index contributed by atoms with van der Waals surface area (Å²) in [7, 11) is 1.68. The molecule has 94 valence electrons. The summed E-state index contributed by atoms with van der Waals surface area (Å²) in [4.78, 5) is 12.8. The summed E-state index contributed by atoms with van der Waals surface area (Å²) in [6, 6.07) is 5.02. The number of hydrogen-bond donors (Lipinski definition) is 1. The van der Waals surface area contributed by atoms with Crippen LogP contribution in [0.1, 0.15) is 12.5 Å². The van der Waals surface area contributed by atoms with E-state index < -0.39 is 0 Å². The van der Waals surface area contributed by atoms with Crippen LogP contribution in [0, 0.1) is 0 Å². The molecule has 1 amide bonds. The Hall–Kier alpha value is -1.42. The van der Waals surface area contributed by atoms with Gasteiger partial charge < -0.3 is 14.7 Å². The van der Waals surface area contributed by atoms with Crippen LogP contribution in [0.15, 0.2) is 18.2 Å². The number of carbonyl (C=O) groups excluding carboxylic acids is 1. The third-order valence-electron chi connectivity index (χ3n) is 2.28. The maximum atomic E-state index is 11.3. The van der Waals surface area contributed by atoms with Crippen LogP contribution < -0.4 is 4.74 Å². The minimum absolute atomic E-state index is 0.0348. The molecule has 0 fully saturated rings. The van der Waals surface area contributed by atoms with Crippen molar-refractivity contribution in [2.24, 2.45) is 0 Å². The second-order valence-corrected chi connectivity index (χ2v) is 3.89. The number of halogens is 1. The molecule has 0 unspecified atom stereocenters. The Kier molecular flexibility index (Phi) is 5.10. The van der Waals surface area contributed by atoms with Crippen molar-refractivity contribution < 1.29 is 14.6 Å². The summed E-state index contributed by atoms with van der Waals surface area (Å²) in [5.74, 6) is 0.351. The van der Waals surface area contributed by atoms with E-state index in [2.05, 4.69) is 0 Å². The average molecular weight is 258 g/mol. The average Bonchev–Trinajstić information content (AvgIpc) is 2.32. The monoisotopic (exact) mass is 257 g/mol. The molecule has 0 atom stereocenters. The Morgan fingerprint density at radius 2 is 2.24 bits per heavy atom. The Labute approximate surface area is 106 Å². The molecule has 0 aromatic heterocycles. The molecule has 0 bridgehead atoms. The van der Waals surface area contributed by atoms with Crippen molar-refractivity contribution in [1.29, 1.82) is 0 Å². The number of hydrogen-bond acceptors (Lipinski definition) is 3. The van der Waals surface area contributed by atoms with Gasteiger partial charge in [-0.3, -0.25) is 4.79 Å². The maximum Gasteiger partial charge on any atom is 0.237 e. The van der Waals surface area contributed by atoms with E-state index in [1.54, 1.807) is 25.2 Å². The fourth-order valence-electron chi connectivity index (χ4n) is 1.39. The molecule has 1 N–H and O–H groups in total. The van der Waals surface area contributed by atoms with Crippen molar-refractivity contribution in [2.45, 2.75) is 13.5 Å². The Bertz CT molecular complexity index is 395. The lowest BCUT2D eigenvalue weighted by Gasteiger charge is -2.16. The molecule has 17 heavy (non-hydrogen) atoms. The van der Waals surface area contributed by atoms with Crippen LogP contribution in [0.2, 0.25) is 0 Å². The van der Waals surface area contributed by atoms with Gasteiger partial charge in [0.15, 0.2) is 11.5 Å². The molecule has 1 aromatic rings. The highest BCUT2D eigenvalue weighted by Gasteiger charge is 2.09. The zero-order valence-corrected chi connectivity index (χ0v) is 10.7. The lowest BCUT2D eigenvalue weighted by Crippen LogP contribution is -2.27. The van der Waals surface area contributed by atoms with Gasteiger partial charge in [0.1, 0.15) is 5.88 Å². The standard InChI is InChI=1S/C12H16ClNO3/c1-3-17-11-6-9(4-5-10(11)15)8-14(2)12(16)7-13/h4-6,15H,3,7-8H2,1-2H3. The molecule has 0 saturated carbocycles. The molecule has 4 nitrogen and oxygen atoms in total. The number of alkyl halides is 1. The van der Waals surface area contributed by atoms with Gasteiger partial charge in [-0.15, -0.1) is 11.6 Å². The third-order valence-corrected chi connectivity index (χ3v) is 2.51. The summed E-state index contributed by atoms with van der Waals surface area (Å²) < 4.78 is 5.27. The number of carbonyl (C=O) groups is 1. The molecule has 0 spiro atoms. The van der Waals surface area contributed by atoms with Crippen LogP contribution in [-0.4, -0.2) is 35.4 Å². The number of rotatable bonds is 5. The van der Waals surface area contributed by atoms with Crippen molar-refractivity contribution in [3.63, 3.8) is 0 Å². The molecule has 0 saturated heterocycles. The van der Waals surface area contributed by atoms with E-state index >= 15 is 0 Å². The molecule has 0 aliphatic rings. The van der Waals surface area contributed by atoms with Gasteiger partial charge in [-0.05, 0) is 24.6 Å². The quantitative estimate of drug-likeness (QED) is 0.821. The number of ether oxygens (including phenoxy) is 1. The molecule has 1 aromatic carbocycles. The molecule has 0 aliphatic heterocycles. The van der Waals surface area contributed by atoms with Crippen LogP contribution in [0.4, 0.5) is 0 Å². The van der Waals surface area contributed by atoms with Gasteiger partial charge in [0, 0.05) is 13.6 Å². The Morgan fingerprint density at radius 1 is 1.53 bits per heavy atom. The number of benzene rings is 1. The zero-order valence-electron chi connectivity index (χ0n) is 9.94. The summed E-state index contributed by atoms with van der Waals surface area (Å²) in [6.07, 6.45) is 0.